The maximum Gasteiger partial charge on any atom is 0.254 e. The molecule has 0 radical (unpaired) electrons. The molecule has 1 aromatic carbocycles. The Hall–Kier alpha value is -1.61. The van der Waals surface area contributed by atoms with Gasteiger partial charge >= 0.3 is 0 Å². The quantitative estimate of drug-likeness (QED) is 0.604. The molecule has 4 N–H and O–H groups in total. The van der Waals surface area contributed by atoms with Crippen molar-refractivity contribution in [1.29, 1.82) is 0 Å². The van der Waals surface area contributed by atoms with Crippen molar-refractivity contribution in [2.24, 2.45) is 5.73 Å². The largest absolute Gasteiger partial charge is 0.382 e. The third-order valence-corrected chi connectivity index (χ3v) is 6.95. The van der Waals surface area contributed by atoms with Crippen LogP contribution in [0.25, 0.3) is 0 Å². The van der Waals surface area contributed by atoms with E-state index in [9.17, 15) is 14.7 Å². The van der Waals surface area contributed by atoms with Crippen LogP contribution < -0.4 is 11.1 Å². The predicted molar refractivity (Wildman–Crippen MR) is 113 cm³/mol. The van der Waals surface area contributed by atoms with E-state index >= 15 is 0 Å². The van der Waals surface area contributed by atoms with Gasteiger partial charge in [-0.25, -0.2) is 0 Å². The average molecular weight is 422 g/mol. The van der Waals surface area contributed by atoms with E-state index in [-0.39, 0.29) is 12.0 Å². The molecule has 1 aromatic rings. The highest BCUT2D eigenvalue weighted by atomic mass is 32.2. The van der Waals surface area contributed by atoms with Crippen molar-refractivity contribution in [2.45, 2.75) is 62.1 Å². The Balaban J connectivity index is 1.64. The van der Waals surface area contributed by atoms with Crippen LogP contribution in [0.3, 0.4) is 0 Å². The minimum atomic E-state index is -1.36. The van der Waals surface area contributed by atoms with Crippen molar-refractivity contribution in [1.82, 2.24) is 10.2 Å². The molecule has 29 heavy (non-hydrogen) atoms. The molecule has 2 amide bonds. The lowest BCUT2D eigenvalue weighted by molar-refractivity contribution is -0.147. The second-order valence-electron chi connectivity index (χ2n) is 8.27. The van der Waals surface area contributed by atoms with E-state index in [0.717, 1.165) is 25.0 Å². The summed E-state index contributed by atoms with van der Waals surface area (Å²) in [5, 5.41) is 13.5. The lowest BCUT2D eigenvalue weighted by atomic mass is 9.97. The van der Waals surface area contributed by atoms with E-state index in [4.69, 9.17) is 10.5 Å². The Morgan fingerprint density at radius 2 is 2.10 bits per heavy atom. The smallest absolute Gasteiger partial charge is 0.254 e. The van der Waals surface area contributed by atoms with Crippen LogP contribution in [0.1, 0.15) is 32.3 Å². The van der Waals surface area contributed by atoms with Gasteiger partial charge in [-0.15, -0.1) is 11.8 Å². The van der Waals surface area contributed by atoms with E-state index in [2.05, 4.69) is 5.32 Å². The van der Waals surface area contributed by atoms with Crippen LogP contribution in [-0.4, -0.2) is 69.9 Å². The van der Waals surface area contributed by atoms with Crippen molar-refractivity contribution in [3.8, 4) is 0 Å². The molecule has 3 rings (SSSR count). The molecule has 0 aromatic heterocycles. The molecule has 7 nitrogen and oxygen atoms in total. The van der Waals surface area contributed by atoms with Crippen LogP contribution in [0.4, 0.5) is 0 Å². The summed E-state index contributed by atoms with van der Waals surface area (Å²) >= 11 is 1.52. The highest BCUT2D eigenvalue weighted by Crippen LogP contribution is 2.39. The number of aliphatic hydroxyl groups is 1. The van der Waals surface area contributed by atoms with E-state index in [1.807, 2.05) is 44.2 Å². The first-order valence-corrected chi connectivity index (χ1v) is 11.1. The SMILES string of the molecule is CC1(C)SCN(C(=O)C(O)C(N)Cc2ccccc2)C1C(=O)NCC1CCCO1. The number of thioether (sulfide) groups is 1. The van der Waals surface area contributed by atoms with Gasteiger partial charge in [0, 0.05) is 23.9 Å². The predicted octanol–water partition coefficient (Wildman–Crippen LogP) is 0.893. The number of rotatable bonds is 7. The van der Waals surface area contributed by atoms with E-state index in [0.29, 0.717) is 18.8 Å². The van der Waals surface area contributed by atoms with Gasteiger partial charge in [-0.1, -0.05) is 30.3 Å². The number of aliphatic hydroxyl groups excluding tert-OH is 1. The minimum Gasteiger partial charge on any atom is -0.382 e. The molecule has 0 bridgehead atoms. The summed E-state index contributed by atoms with van der Waals surface area (Å²) < 4.78 is 5.10. The lowest BCUT2D eigenvalue weighted by Gasteiger charge is -2.32. The van der Waals surface area contributed by atoms with Gasteiger partial charge in [0.15, 0.2) is 0 Å². The van der Waals surface area contributed by atoms with Gasteiger partial charge in [0.1, 0.15) is 12.1 Å². The molecule has 4 unspecified atom stereocenters. The maximum absolute atomic E-state index is 13.0. The van der Waals surface area contributed by atoms with Crippen LogP contribution in [0, 0.1) is 0 Å². The number of nitrogens with zero attached hydrogens (tertiary/aromatic N) is 1. The van der Waals surface area contributed by atoms with Crippen molar-refractivity contribution < 1.29 is 19.4 Å². The number of nitrogens with two attached hydrogens (primary N) is 1. The number of ether oxygens (including phenoxy) is 1. The molecule has 0 spiro atoms. The molecule has 8 heteroatoms. The molecule has 0 saturated carbocycles. The lowest BCUT2D eigenvalue weighted by Crippen LogP contribution is -2.58. The number of carbonyl (C=O) groups excluding carboxylic acids is 2. The zero-order valence-electron chi connectivity index (χ0n) is 17.0. The van der Waals surface area contributed by atoms with Gasteiger partial charge < -0.3 is 25.8 Å². The summed E-state index contributed by atoms with van der Waals surface area (Å²) in [6, 6.07) is 8.10. The summed E-state index contributed by atoms with van der Waals surface area (Å²) in [6.07, 6.45) is 0.983. The maximum atomic E-state index is 13.0. The van der Waals surface area contributed by atoms with Gasteiger partial charge in [-0.05, 0) is 38.7 Å². The molecule has 0 aliphatic carbocycles. The Labute approximate surface area is 176 Å². The van der Waals surface area contributed by atoms with Crippen LogP contribution >= 0.6 is 11.8 Å². The number of amides is 2. The Morgan fingerprint density at radius 1 is 1.38 bits per heavy atom. The monoisotopic (exact) mass is 421 g/mol. The van der Waals surface area contributed by atoms with Gasteiger partial charge in [0.2, 0.25) is 5.91 Å². The third kappa shape index (κ3) is 5.31. The molecule has 2 heterocycles. The highest BCUT2D eigenvalue weighted by Gasteiger charge is 2.49. The highest BCUT2D eigenvalue weighted by molar-refractivity contribution is 8.00. The zero-order chi connectivity index (χ0) is 21.0. The molecular formula is C21H31N3O4S. The molecule has 2 aliphatic heterocycles. The molecule has 2 saturated heterocycles. The van der Waals surface area contributed by atoms with Crippen LogP contribution in [-0.2, 0) is 20.7 Å². The summed E-state index contributed by atoms with van der Waals surface area (Å²) in [6.45, 7) is 5.05. The van der Waals surface area contributed by atoms with Crippen LogP contribution in [0.15, 0.2) is 30.3 Å². The molecule has 2 aliphatic rings. The third-order valence-electron chi connectivity index (χ3n) is 5.58. The number of nitrogens with one attached hydrogen (secondary N) is 1. The summed E-state index contributed by atoms with van der Waals surface area (Å²) in [7, 11) is 0. The fraction of sp³-hybridized carbons (Fsp3) is 0.619. The van der Waals surface area contributed by atoms with Crippen LogP contribution in [0.5, 0.6) is 0 Å². The second-order valence-corrected chi connectivity index (χ2v) is 9.87. The first-order valence-electron chi connectivity index (χ1n) is 10.1. The Morgan fingerprint density at radius 3 is 2.76 bits per heavy atom. The van der Waals surface area contributed by atoms with Gasteiger partial charge in [0.25, 0.3) is 5.91 Å². The number of benzene rings is 1. The number of carbonyl (C=O) groups is 2. The zero-order valence-corrected chi connectivity index (χ0v) is 17.9. The number of hydrogen-bond donors (Lipinski definition) is 3. The normalized spacial score (nSPS) is 25.6. The Kier molecular flexibility index (Phi) is 7.21. The van der Waals surface area contributed by atoms with Crippen molar-refractivity contribution in [3.05, 3.63) is 35.9 Å². The summed E-state index contributed by atoms with van der Waals surface area (Å²) in [4.78, 5) is 27.4. The first-order chi connectivity index (χ1) is 13.8. The second kappa shape index (κ2) is 9.47. The fourth-order valence-electron chi connectivity index (χ4n) is 3.88. The molecule has 4 atom stereocenters. The standard InChI is InChI=1S/C21H31N3O4S/c1-21(2)18(19(26)23-12-15-9-6-10-28-15)24(13-29-21)20(27)17(25)16(22)11-14-7-4-3-5-8-14/h3-5,7-8,15-18,25H,6,9-13,22H2,1-2H3,(H,23,26). The van der Waals surface area contributed by atoms with Crippen LogP contribution in [0.2, 0.25) is 0 Å². The van der Waals surface area contributed by atoms with Gasteiger partial charge in [-0.3, -0.25) is 9.59 Å². The molecule has 2 fully saturated rings. The van der Waals surface area contributed by atoms with Gasteiger partial charge in [-0.2, -0.15) is 0 Å². The first kappa shape index (κ1) is 22.1. The molecular weight excluding hydrogens is 390 g/mol. The van der Waals surface area contributed by atoms with Crippen molar-refractivity contribution >= 4 is 23.6 Å². The summed E-state index contributed by atoms with van der Waals surface area (Å²) in [5.74, 6) is -0.365. The van der Waals surface area contributed by atoms with Crippen molar-refractivity contribution in [2.75, 3.05) is 19.0 Å². The number of hydrogen-bond acceptors (Lipinski definition) is 6. The fourth-order valence-corrected chi connectivity index (χ4v) is 5.02. The average Bonchev–Trinajstić information content (AvgIpc) is 3.33. The Bertz CT molecular complexity index is 709. The summed E-state index contributed by atoms with van der Waals surface area (Å²) in [5.41, 5.74) is 7.08. The van der Waals surface area contributed by atoms with E-state index in [1.54, 1.807) is 0 Å². The van der Waals surface area contributed by atoms with Gasteiger partial charge in [0.05, 0.1) is 12.0 Å². The minimum absolute atomic E-state index is 0.0326. The van der Waals surface area contributed by atoms with E-state index in [1.165, 1.54) is 16.7 Å². The topological polar surface area (TPSA) is 105 Å². The van der Waals surface area contributed by atoms with E-state index < -0.39 is 28.8 Å². The molecule has 160 valence electrons. The van der Waals surface area contributed by atoms with Crippen molar-refractivity contribution in [3.63, 3.8) is 0 Å².